The molecule has 0 bridgehead atoms. The Labute approximate surface area is 208 Å². The summed E-state index contributed by atoms with van der Waals surface area (Å²) in [5.74, 6) is -2.28. The number of aromatic nitrogens is 1. The van der Waals surface area contributed by atoms with Gasteiger partial charge >= 0.3 is 12.1 Å². The number of benzene rings is 3. The van der Waals surface area contributed by atoms with E-state index in [-0.39, 0.29) is 28.1 Å². The van der Waals surface area contributed by atoms with Crippen LogP contribution >= 0.6 is 0 Å². The number of halogens is 3. The lowest BCUT2D eigenvalue weighted by atomic mass is 9.98. The monoisotopic (exact) mass is 511 g/mol. The Hall–Kier alpha value is -4.73. The molecule has 0 atom stereocenters. The number of esters is 1. The predicted molar refractivity (Wildman–Crippen MR) is 127 cm³/mol. The second-order valence-corrected chi connectivity index (χ2v) is 7.90. The fraction of sp³-hybridized carbons (Fsp3) is 0.111. The van der Waals surface area contributed by atoms with Crippen molar-refractivity contribution in [2.75, 3.05) is 14.2 Å². The molecule has 1 aromatic heterocycles. The van der Waals surface area contributed by atoms with Crippen molar-refractivity contribution in [1.82, 2.24) is 4.57 Å². The molecular weight excluding hydrogens is 491 g/mol. The normalized spacial score (nSPS) is 11.3. The number of hydrogen-bond acceptors (Lipinski definition) is 6. The Kier molecular flexibility index (Phi) is 6.67. The second kappa shape index (κ2) is 9.73. The molecule has 0 saturated heterocycles. The zero-order valence-corrected chi connectivity index (χ0v) is 19.5. The topological polar surface area (TPSA) is 98.0 Å². The number of hydrogen-bond donors (Lipinski definition) is 2. The molecule has 7 nitrogen and oxygen atoms in total. The first kappa shape index (κ1) is 25.4. The van der Waals surface area contributed by atoms with Crippen LogP contribution < -0.4 is 4.74 Å². The van der Waals surface area contributed by atoms with Gasteiger partial charge in [-0.2, -0.15) is 13.2 Å². The lowest BCUT2D eigenvalue weighted by molar-refractivity contribution is -0.137. The van der Waals surface area contributed by atoms with Crippen LogP contribution in [0, 0.1) is 0 Å². The van der Waals surface area contributed by atoms with Crippen LogP contribution in [0.1, 0.15) is 31.8 Å². The van der Waals surface area contributed by atoms with E-state index >= 15 is 0 Å². The van der Waals surface area contributed by atoms with Crippen LogP contribution in [0.15, 0.2) is 72.8 Å². The average Bonchev–Trinajstić information content (AvgIpc) is 3.17. The van der Waals surface area contributed by atoms with Crippen LogP contribution in [0.5, 0.6) is 17.4 Å². The summed E-state index contributed by atoms with van der Waals surface area (Å²) < 4.78 is 50.2. The number of alkyl halides is 3. The minimum atomic E-state index is -4.58. The highest BCUT2D eigenvalue weighted by Crippen LogP contribution is 2.44. The van der Waals surface area contributed by atoms with Crippen LogP contribution in [0.25, 0.3) is 16.9 Å². The molecule has 10 heteroatoms. The molecule has 0 radical (unpaired) electrons. The Bertz CT molecular complexity index is 1450. The molecule has 2 N–H and O–H groups in total. The first-order chi connectivity index (χ1) is 17.6. The SMILES string of the molecule is COC(=O)c1ccc(-c2c(C(=O)c3ccc(OC)cc3)c(O)c(O)n2-c2ccc(C(F)(F)F)cc2)cc1. The van der Waals surface area contributed by atoms with Crippen LogP contribution in [0.2, 0.25) is 0 Å². The smallest absolute Gasteiger partial charge is 0.416 e. The summed E-state index contributed by atoms with van der Waals surface area (Å²) in [6.07, 6.45) is -4.58. The summed E-state index contributed by atoms with van der Waals surface area (Å²) in [6.45, 7) is 0. The first-order valence-electron chi connectivity index (χ1n) is 10.8. The van der Waals surface area contributed by atoms with Gasteiger partial charge in [-0.25, -0.2) is 4.79 Å². The molecule has 0 aliphatic carbocycles. The highest BCUT2D eigenvalue weighted by Gasteiger charge is 2.32. The van der Waals surface area contributed by atoms with Crippen molar-refractivity contribution >= 4 is 11.8 Å². The molecule has 0 unspecified atom stereocenters. The minimum absolute atomic E-state index is 0.00647. The van der Waals surface area contributed by atoms with Gasteiger partial charge in [-0.15, -0.1) is 0 Å². The summed E-state index contributed by atoms with van der Waals surface area (Å²) in [5, 5.41) is 21.7. The Morgan fingerprint density at radius 3 is 1.89 bits per heavy atom. The van der Waals surface area contributed by atoms with Crippen molar-refractivity contribution in [3.8, 4) is 34.3 Å². The van der Waals surface area contributed by atoms with Crippen molar-refractivity contribution in [1.29, 1.82) is 0 Å². The van der Waals surface area contributed by atoms with E-state index in [0.717, 1.165) is 28.8 Å². The van der Waals surface area contributed by atoms with E-state index in [1.165, 1.54) is 50.6 Å². The summed E-state index contributed by atoms with van der Waals surface area (Å²) in [7, 11) is 2.68. The van der Waals surface area contributed by atoms with Gasteiger partial charge in [-0.3, -0.25) is 9.36 Å². The lowest BCUT2D eigenvalue weighted by Crippen LogP contribution is -2.07. The molecular formula is C27H20F3NO6. The molecule has 0 spiro atoms. The van der Waals surface area contributed by atoms with Gasteiger partial charge in [0.1, 0.15) is 5.75 Å². The molecule has 4 rings (SSSR count). The van der Waals surface area contributed by atoms with Crippen molar-refractivity contribution in [2.45, 2.75) is 6.18 Å². The molecule has 4 aromatic rings. The number of nitrogens with zero attached hydrogens (tertiary/aromatic N) is 1. The van der Waals surface area contributed by atoms with Gasteiger partial charge in [-0.05, 0) is 66.2 Å². The van der Waals surface area contributed by atoms with Crippen molar-refractivity contribution in [3.63, 3.8) is 0 Å². The van der Waals surface area contributed by atoms with Crippen molar-refractivity contribution in [3.05, 3.63) is 95.1 Å². The largest absolute Gasteiger partial charge is 0.503 e. The van der Waals surface area contributed by atoms with Gasteiger partial charge in [0.25, 0.3) is 0 Å². The number of methoxy groups -OCH3 is 2. The average molecular weight is 511 g/mol. The van der Waals surface area contributed by atoms with Crippen LogP contribution in [0.3, 0.4) is 0 Å². The lowest BCUT2D eigenvalue weighted by Gasteiger charge is -2.14. The third-order valence-corrected chi connectivity index (χ3v) is 5.73. The highest BCUT2D eigenvalue weighted by molar-refractivity contribution is 6.15. The predicted octanol–water partition coefficient (Wildman–Crippen LogP) is 5.60. The molecule has 37 heavy (non-hydrogen) atoms. The Balaban J connectivity index is 1.94. The zero-order chi connectivity index (χ0) is 26.9. The molecule has 3 aromatic carbocycles. The van der Waals surface area contributed by atoms with E-state index in [1.807, 2.05) is 0 Å². The summed E-state index contributed by atoms with van der Waals surface area (Å²) in [6, 6.07) is 15.6. The van der Waals surface area contributed by atoms with Gasteiger partial charge in [0, 0.05) is 11.3 Å². The molecule has 1 heterocycles. The molecule has 0 aliphatic heterocycles. The van der Waals surface area contributed by atoms with Gasteiger partial charge in [0.2, 0.25) is 5.88 Å². The fourth-order valence-corrected chi connectivity index (χ4v) is 3.86. The number of ether oxygens (including phenoxy) is 2. The van der Waals surface area contributed by atoms with E-state index in [9.17, 15) is 33.0 Å². The first-order valence-corrected chi connectivity index (χ1v) is 10.8. The number of carbonyl (C=O) groups is 2. The number of ketones is 1. The summed E-state index contributed by atoms with van der Waals surface area (Å²) in [4.78, 5) is 25.4. The van der Waals surface area contributed by atoms with Crippen LogP contribution in [-0.4, -0.2) is 40.8 Å². The molecule has 0 amide bonds. The maximum Gasteiger partial charge on any atom is 0.416 e. The number of carbonyl (C=O) groups excluding carboxylic acids is 2. The molecule has 0 fully saturated rings. The van der Waals surface area contributed by atoms with Gasteiger partial charge < -0.3 is 19.7 Å². The maximum absolute atomic E-state index is 13.5. The number of rotatable bonds is 6. The van der Waals surface area contributed by atoms with Crippen LogP contribution in [0.4, 0.5) is 13.2 Å². The van der Waals surface area contributed by atoms with E-state index in [2.05, 4.69) is 0 Å². The Morgan fingerprint density at radius 2 is 1.38 bits per heavy atom. The van der Waals surface area contributed by atoms with Gasteiger partial charge in [0.15, 0.2) is 11.5 Å². The van der Waals surface area contributed by atoms with Gasteiger partial charge in [0.05, 0.1) is 36.6 Å². The molecule has 0 aliphatic rings. The quantitative estimate of drug-likeness (QED) is 0.258. The highest BCUT2D eigenvalue weighted by atomic mass is 19.4. The van der Waals surface area contributed by atoms with E-state index in [1.54, 1.807) is 12.1 Å². The minimum Gasteiger partial charge on any atom is -0.503 e. The zero-order valence-electron chi connectivity index (χ0n) is 19.5. The summed E-state index contributed by atoms with van der Waals surface area (Å²) >= 11 is 0. The van der Waals surface area contributed by atoms with E-state index in [4.69, 9.17) is 9.47 Å². The van der Waals surface area contributed by atoms with Crippen molar-refractivity contribution in [2.24, 2.45) is 0 Å². The third kappa shape index (κ3) is 4.73. The standard InChI is InChI=1S/C27H20F3NO6/c1-36-20-13-7-16(8-14-20)23(32)21-22(15-3-5-17(6-4-15)26(35)37-2)31(25(34)24(21)33)19-11-9-18(10-12-19)27(28,29)30/h3-14,33-34H,1-2H3. The number of aromatic hydroxyl groups is 2. The second-order valence-electron chi connectivity index (χ2n) is 7.90. The van der Waals surface area contributed by atoms with Gasteiger partial charge in [-0.1, -0.05) is 12.1 Å². The summed E-state index contributed by atoms with van der Waals surface area (Å²) in [5.41, 5.74) is -0.476. The van der Waals surface area contributed by atoms with E-state index in [0.29, 0.717) is 11.3 Å². The van der Waals surface area contributed by atoms with Crippen molar-refractivity contribution < 1.29 is 42.4 Å². The van der Waals surface area contributed by atoms with E-state index < -0.39 is 35.1 Å². The Morgan fingerprint density at radius 1 is 0.811 bits per heavy atom. The molecule has 190 valence electrons. The molecule has 0 saturated carbocycles. The maximum atomic E-state index is 13.5. The fourth-order valence-electron chi connectivity index (χ4n) is 3.86. The van der Waals surface area contributed by atoms with Crippen LogP contribution in [-0.2, 0) is 10.9 Å². The third-order valence-electron chi connectivity index (χ3n) is 5.73.